The van der Waals surface area contributed by atoms with Crippen LogP contribution >= 0.6 is 0 Å². The summed E-state index contributed by atoms with van der Waals surface area (Å²) in [5, 5.41) is 14.6. The summed E-state index contributed by atoms with van der Waals surface area (Å²) in [6, 6.07) is 9.86. The van der Waals surface area contributed by atoms with E-state index in [4.69, 9.17) is 5.11 Å². The number of carbonyl (C=O) groups excluding carboxylic acids is 1. The Labute approximate surface area is 234 Å². The fraction of sp³-hybridized carbons (Fsp3) is 0.241. The number of anilines is 4. The van der Waals surface area contributed by atoms with Crippen molar-refractivity contribution >= 4 is 40.0 Å². The van der Waals surface area contributed by atoms with E-state index >= 15 is 8.78 Å². The molecule has 0 bridgehead atoms. The van der Waals surface area contributed by atoms with Crippen LogP contribution in [0.2, 0.25) is 0 Å². The molecular weight excluding hydrogens is 532 g/mol. The van der Waals surface area contributed by atoms with Gasteiger partial charge in [0.25, 0.3) is 5.56 Å². The third kappa shape index (κ3) is 5.79. The van der Waals surface area contributed by atoms with Crippen molar-refractivity contribution in [2.45, 2.75) is 6.92 Å². The number of aromatic nitrogens is 3. The van der Waals surface area contributed by atoms with Crippen LogP contribution in [0.3, 0.4) is 0 Å². The lowest BCUT2D eigenvalue weighted by Crippen LogP contribution is -2.47. The van der Waals surface area contributed by atoms with Crippen molar-refractivity contribution in [2.75, 3.05) is 54.9 Å². The number of H-pyrrole nitrogens is 1. The molecule has 1 aliphatic rings. The predicted molar refractivity (Wildman–Crippen MR) is 155 cm³/mol. The lowest BCUT2D eigenvalue weighted by molar-refractivity contribution is -0.111. The van der Waals surface area contributed by atoms with Crippen molar-refractivity contribution in [3.63, 3.8) is 0 Å². The van der Waals surface area contributed by atoms with Crippen molar-refractivity contribution in [3.05, 3.63) is 82.8 Å². The summed E-state index contributed by atoms with van der Waals surface area (Å²) >= 11 is 0. The number of nitrogens with zero attached hydrogens (tertiary/aromatic N) is 4. The molecule has 0 atom stereocenters. The van der Waals surface area contributed by atoms with Gasteiger partial charge in [0.15, 0.2) is 11.6 Å². The number of hydrogen-bond acceptors (Lipinski definition) is 8. The van der Waals surface area contributed by atoms with Gasteiger partial charge in [-0.3, -0.25) is 14.5 Å². The van der Waals surface area contributed by atoms with E-state index in [1.807, 2.05) is 0 Å². The van der Waals surface area contributed by atoms with E-state index in [0.717, 1.165) is 6.08 Å². The SMILES string of the molecule is C=CC(=O)Nc1cccc(-c2c(C)c(=O)[nH]c3cnc(Nc4ccc(N5CCN(CCO)CC5)c(F)c4F)nc23)c1. The molecule has 0 radical (unpaired) electrons. The number of rotatable bonds is 8. The van der Waals surface area contributed by atoms with E-state index in [9.17, 15) is 9.59 Å². The molecule has 4 N–H and O–H groups in total. The van der Waals surface area contributed by atoms with Gasteiger partial charge in [-0.25, -0.2) is 18.7 Å². The van der Waals surface area contributed by atoms with Crippen LogP contribution in [0.5, 0.6) is 0 Å². The first-order valence-corrected chi connectivity index (χ1v) is 13.1. The monoisotopic (exact) mass is 561 g/mol. The summed E-state index contributed by atoms with van der Waals surface area (Å²) in [5.74, 6) is -2.42. The van der Waals surface area contributed by atoms with Crippen molar-refractivity contribution in [1.82, 2.24) is 19.9 Å². The Morgan fingerprint density at radius 3 is 2.68 bits per heavy atom. The highest BCUT2D eigenvalue weighted by atomic mass is 19.2. The van der Waals surface area contributed by atoms with Crippen LogP contribution in [0.25, 0.3) is 22.2 Å². The van der Waals surface area contributed by atoms with E-state index < -0.39 is 11.6 Å². The summed E-state index contributed by atoms with van der Waals surface area (Å²) in [7, 11) is 0. The van der Waals surface area contributed by atoms with E-state index in [0.29, 0.717) is 66.1 Å². The minimum absolute atomic E-state index is 0.00461. The molecule has 0 spiro atoms. The highest BCUT2D eigenvalue weighted by molar-refractivity contribution is 6.00. The maximum Gasteiger partial charge on any atom is 0.252 e. The lowest BCUT2D eigenvalue weighted by atomic mass is 10.00. The topological polar surface area (TPSA) is 126 Å². The van der Waals surface area contributed by atoms with Gasteiger partial charge in [0.1, 0.15) is 5.52 Å². The molecule has 2 aromatic heterocycles. The number of halogens is 2. The number of pyridine rings is 1. The Morgan fingerprint density at radius 2 is 1.95 bits per heavy atom. The number of aliphatic hydroxyl groups is 1. The third-order valence-electron chi connectivity index (χ3n) is 7.03. The third-order valence-corrected chi connectivity index (χ3v) is 7.03. The number of aromatic amines is 1. The van der Waals surface area contributed by atoms with Crippen molar-refractivity contribution < 1.29 is 18.7 Å². The first-order valence-electron chi connectivity index (χ1n) is 13.1. The number of aliphatic hydroxyl groups excluding tert-OH is 1. The Bertz CT molecular complexity index is 1680. The fourth-order valence-corrected chi connectivity index (χ4v) is 4.88. The molecule has 1 aliphatic heterocycles. The van der Waals surface area contributed by atoms with Gasteiger partial charge in [-0.1, -0.05) is 18.7 Å². The van der Waals surface area contributed by atoms with Crippen LogP contribution in [0.1, 0.15) is 5.56 Å². The van der Waals surface area contributed by atoms with Crippen LogP contribution < -0.4 is 21.1 Å². The first kappa shape index (κ1) is 27.9. The van der Waals surface area contributed by atoms with Crippen molar-refractivity contribution in [2.24, 2.45) is 0 Å². The van der Waals surface area contributed by atoms with E-state index in [1.54, 1.807) is 36.1 Å². The number of fused-ring (bicyclic) bond motifs is 1. The van der Waals surface area contributed by atoms with Gasteiger partial charge in [-0.2, -0.15) is 0 Å². The number of hydrogen-bond donors (Lipinski definition) is 4. The molecular formula is C29H29F2N7O3. The maximum absolute atomic E-state index is 15.2. The van der Waals surface area contributed by atoms with Crippen LogP contribution in [0.4, 0.5) is 31.8 Å². The zero-order valence-electron chi connectivity index (χ0n) is 22.4. The smallest absolute Gasteiger partial charge is 0.252 e. The standard InChI is InChI=1S/C29H29F2N7O3/c1-3-23(40)33-19-6-4-5-18(15-19)24-17(2)28(41)34-21-16-32-29(36-27(21)24)35-20-7-8-22(26(31)25(20)30)38-11-9-37(10-12-38)13-14-39/h3-8,15-16,39H,1,9-14H2,2H3,(H,33,40)(H,34,41)(H,32,35,36). The zero-order chi connectivity index (χ0) is 29.1. The number of carbonyl (C=O) groups is 1. The summed E-state index contributed by atoms with van der Waals surface area (Å²) < 4.78 is 30.4. The minimum Gasteiger partial charge on any atom is -0.395 e. The molecule has 0 unspecified atom stereocenters. The average Bonchev–Trinajstić information content (AvgIpc) is 2.97. The Hall–Kier alpha value is -4.68. The Balaban J connectivity index is 1.47. The molecule has 3 heterocycles. The number of nitrogens with one attached hydrogen (secondary N) is 3. The second-order valence-corrected chi connectivity index (χ2v) is 9.62. The zero-order valence-corrected chi connectivity index (χ0v) is 22.4. The highest BCUT2D eigenvalue weighted by Gasteiger charge is 2.23. The van der Waals surface area contributed by atoms with Crippen molar-refractivity contribution in [3.8, 4) is 11.1 Å². The fourth-order valence-electron chi connectivity index (χ4n) is 4.88. The summed E-state index contributed by atoms with van der Waals surface area (Å²) in [4.78, 5) is 39.8. The number of benzene rings is 2. The number of amides is 1. The van der Waals surface area contributed by atoms with E-state index in [-0.39, 0.29) is 35.4 Å². The molecule has 1 saturated heterocycles. The molecule has 1 fully saturated rings. The van der Waals surface area contributed by atoms with Crippen LogP contribution in [-0.2, 0) is 4.79 Å². The number of piperazine rings is 1. The van der Waals surface area contributed by atoms with Gasteiger partial charge in [0.05, 0.1) is 29.7 Å². The molecule has 0 aliphatic carbocycles. The average molecular weight is 562 g/mol. The minimum atomic E-state index is -1.06. The molecule has 0 saturated carbocycles. The summed E-state index contributed by atoms with van der Waals surface area (Å²) in [5.41, 5.74) is 2.43. The van der Waals surface area contributed by atoms with Gasteiger partial charge in [0, 0.05) is 49.5 Å². The predicted octanol–water partition coefficient (Wildman–Crippen LogP) is 3.55. The van der Waals surface area contributed by atoms with Crippen LogP contribution in [-0.4, -0.2) is 70.2 Å². The Morgan fingerprint density at radius 1 is 1.17 bits per heavy atom. The van der Waals surface area contributed by atoms with Gasteiger partial charge < -0.3 is 25.6 Å². The second kappa shape index (κ2) is 11.8. The van der Waals surface area contributed by atoms with E-state index in [1.165, 1.54) is 18.3 Å². The van der Waals surface area contributed by atoms with Crippen LogP contribution in [0.15, 0.2) is 60.0 Å². The lowest BCUT2D eigenvalue weighted by Gasteiger charge is -2.36. The van der Waals surface area contributed by atoms with E-state index in [2.05, 4.69) is 37.1 Å². The summed E-state index contributed by atoms with van der Waals surface area (Å²) in [6.07, 6.45) is 2.55. The first-order chi connectivity index (χ1) is 19.8. The van der Waals surface area contributed by atoms with Gasteiger partial charge in [-0.05, 0) is 42.8 Å². The number of β-amino-alcohol motifs (C(OH)–C–C–N with tert-alkyl or cyclic N) is 1. The molecule has 41 heavy (non-hydrogen) atoms. The molecule has 212 valence electrons. The van der Waals surface area contributed by atoms with Gasteiger partial charge >= 0.3 is 0 Å². The molecule has 10 nitrogen and oxygen atoms in total. The quantitative estimate of drug-likeness (QED) is 0.241. The molecule has 1 amide bonds. The largest absolute Gasteiger partial charge is 0.395 e. The summed E-state index contributed by atoms with van der Waals surface area (Å²) in [6.45, 7) is 8.00. The second-order valence-electron chi connectivity index (χ2n) is 9.62. The van der Waals surface area contributed by atoms with Gasteiger partial charge in [0.2, 0.25) is 11.9 Å². The van der Waals surface area contributed by atoms with Crippen LogP contribution in [0, 0.1) is 18.6 Å². The Kier molecular flexibility index (Phi) is 8.04. The van der Waals surface area contributed by atoms with Gasteiger partial charge in [-0.15, -0.1) is 0 Å². The maximum atomic E-state index is 15.2. The normalized spacial score (nSPS) is 13.8. The highest BCUT2D eigenvalue weighted by Crippen LogP contribution is 2.32. The van der Waals surface area contributed by atoms with Crippen molar-refractivity contribution in [1.29, 1.82) is 0 Å². The molecule has 5 rings (SSSR count). The molecule has 4 aromatic rings. The molecule has 12 heteroatoms. The molecule has 2 aromatic carbocycles.